The summed E-state index contributed by atoms with van der Waals surface area (Å²) in [5, 5.41) is 11.9. The molecule has 0 fully saturated rings. The van der Waals surface area contributed by atoms with Gasteiger partial charge in [-0.1, -0.05) is 0 Å². The van der Waals surface area contributed by atoms with Gasteiger partial charge in [-0.15, -0.1) is 0 Å². The molecule has 0 bridgehead atoms. The van der Waals surface area contributed by atoms with Crippen molar-refractivity contribution in [3.05, 3.63) is 36.3 Å². The number of hydrogen-bond donors (Lipinski definition) is 2. The third-order valence-corrected chi connectivity index (χ3v) is 3.58. The Morgan fingerprint density at radius 2 is 2.42 bits per heavy atom. The minimum absolute atomic E-state index is 0.0107. The van der Waals surface area contributed by atoms with Crippen LogP contribution in [0.15, 0.2) is 30.7 Å². The lowest BCUT2D eigenvalue weighted by Gasteiger charge is -2.16. The summed E-state index contributed by atoms with van der Waals surface area (Å²) in [6, 6.07) is 3.51. The zero-order chi connectivity index (χ0) is 13.7. The van der Waals surface area contributed by atoms with Gasteiger partial charge in [0.25, 0.3) is 5.91 Å². The Labute approximate surface area is 116 Å². The molecule has 19 heavy (non-hydrogen) atoms. The van der Waals surface area contributed by atoms with Gasteiger partial charge in [0.15, 0.2) is 0 Å². The molecule has 2 N–H and O–H groups in total. The zero-order valence-electron chi connectivity index (χ0n) is 10.7. The highest BCUT2D eigenvalue weighted by molar-refractivity contribution is 7.98. The zero-order valence-corrected chi connectivity index (χ0v) is 11.6. The number of fused-ring (bicyclic) bond motifs is 1. The molecule has 1 atom stereocenters. The molecule has 0 aromatic carbocycles. The van der Waals surface area contributed by atoms with Gasteiger partial charge in [0.1, 0.15) is 5.65 Å². The van der Waals surface area contributed by atoms with Crippen LogP contribution >= 0.6 is 11.8 Å². The van der Waals surface area contributed by atoms with Crippen molar-refractivity contribution in [1.29, 1.82) is 0 Å². The van der Waals surface area contributed by atoms with Crippen LogP contribution in [0.5, 0.6) is 0 Å². The molecular weight excluding hydrogens is 262 g/mol. The molecule has 0 radical (unpaired) electrons. The number of hydrogen-bond acceptors (Lipinski definition) is 4. The number of carbonyl (C=O) groups excluding carboxylic acids is 1. The molecule has 1 unspecified atom stereocenters. The summed E-state index contributed by atoms with van der Waals surface area (Å²) in [7, 11) is 0. The van der Waals surface area contributed by atoms with Crippen LogP contribution in [-0.4, -0.2) is 45.1 Å². The third kappa shape index (κ3) is 3.48. The van der Waals surface area contributed by atoms with Crippen LogP contribution < -0.4 is 5.32 Å². The van der Waals surface area contributed by atoms with E-state index >= 15 is 0 Å². The molecule has 0 aliphatic carbocycles. The number of aliphatic hydroxyl groups is 1. The predicted molar refractivity (Wildman–Crippen MR) is 76.5 cm³/mol. The van der Waals surface area contributed by atoms with Gasteiger partial charge < -0.3 is 14.8 Å². The summed E-state index contributed by atoms with van der Waals surface area (Å²) >= 11 is 1.65. The average Bonchev–Trinajstić information content (AvgIpc) is 2.86. The fraction of sp³-hybridized carbons (Fsp3) is 0.385. The van der Waals surface area contributed by atoms with Gasteiger partial charge in [0, 0.05) is 42.6 Å². The molecular formula is C13H17N3O2S. The molecule has 0 spiro atoms. The van der Waals surface area contributed by atoms with Crippen molar-refractivity contribution in [2.45, 2.75) is 12.5 Å². The maximum absolute atomic E-state index is 12.1. The second kappa shape index (κ2) is 6.58. The second-order valence-corrected chi connectivity index (χ2v) is 5.16. The average molecular weight is 279 g/mol. The summed E-state index contributed by atoms with van der Waals surface area (Å²) < 4.78 is 1.85. The van der Waals surface area contributed by atoms with E-state index in [0.717, 1.165) is 11.4 Å². The Balaban J connectivity index is 2.09. The topological polar surface area (TPSA) is 66.6 Å². The van der Waals surface area contributed by atoms with E-state index in [4.69, 9.17) is 5.11 Å². The third-order valence-electron chi connectivity index (χ3n) is 2.84. The maximum Gasteiger partial charge on any atom is 0.251 e. The largest absolute Gasteiger partial charge is 0.396 e. The number of aliphatic hydroxyl groups excluding tert-OH is 1. The van der Waals surface area contributed by atoms with E-state index in [9.17, 15) is 4.79 Å². The molecule has 6 heteroatoms. The number of amides is 1. The van der Waals surface area contributed by atoms with E-state index in [1.165, 1.54) is 0 Å². The summed E-state index contributed by atoms with van der Waals surface area (Å²) in [4.78, 5) is 16.3. The number of rotatable bonds is 6. The highest BCUT2D eigenvalue weighted by Gasteiger charge is 2.13. The number of pyridine rings is 1. The number of nitrogens with one attached hydrogen (secondary N) is 1. The van der Waals surface area contributed by atoms with Gasteiger partial charge in [-0.3, -0.25) is 4.79 Å². The smallest absolute Gasteiger partial charge is 0.251 e. The highest BCUT2D eigenvalue weighted by atomic mass is 32.2. The van der Waals surface area contributed by atoms with Crippen LogP contribution in [0.3, 0.4) is 0 Å². The van der Waals surface area contributed by atoms with Crippen LogP contribution in [0.25, 0.3) is 5.65 Å². The quantitative estimate of drug-likeness (QED) is 0.833. The van der Waals surface area contributed by atoms with E-state index in [1.54, 1.807) is 30.1 Å². The van der Waals surface area contributed by atoms with Gasteiger partial charge >= 0.3 is 0 Å². The Morgan fingerprint density at radius 1 is 1.58 bits per heavy atom. The molecule has 102 valence electrons. The Hall–Kier alpha value is -1.53. The molecule has 1 amide bonds. The predicted octanol–water partition coefficient (Wildman–Crippen LogP) is 1.18. The lowest BCUT2D eigenvalue weighted by Crippen LogP contribution is -2.37. The van der Waals surface area contributed by atoms with Gasteiger partial charge in [-0.05, 0) is 24.8 Å². The fourth-order valence-electron chi connectivity index (χ4n) is 1.87. The van der Waals surface area contributed by atoms with Crippen LogP contribution in [0.2, 0.25) is 0 Å². The number of imidazole rings is 1. The van der Waals surface area contributed by atoms with E-state index in [0.29, 0.717) is 12.0 Å². The van der Waals surface area contributed by atoms with Gasteiger partial charge in [-0.2, -0.15) is 11.8 Å². The van der Waals surface area contributed by atoms with Crippen molar-refractivity contribution in [2.75, 3.05) is 18.6 Å². The summed E-state index contributed by atoms with van der Waals surface area (Å²) in [5.74, 6) is 0.663. The van der Waals surface area contributed by atoms with Crippen LogP contribution in [0, 0.1) is 0 Å². The Kier molecular flexibility index (Phi) is 4.81. The number of aromatic nitrogens is 2. The van der Waals surface area contributed by atoms with Crippen molar-refractivity contribution < 1.29 is 9.90 Å². The standard InChI is InChI=1S/C13H17N3O2S/c1-19-9-11(3-7-17)15-13(18)10-2-5-16-6-4-14-12(16)8-10/h2,4-6,8,11,17H,3,7,9H2,1H3,(H,15,18). The highest BCUT2D eigenvalue weighted by Crippen LogP contribution is 2.07. The fourth-order valence-corrected chi connectivity index (χ4v) is 2.53. The Morgan fingerprint density at radius 3 is 3.16 bits per heavy atom. The molecule has 0 aliphatic rings. The van der Waals surface area contributed by atoms with E-state index in [-0.39, 0.29) is 18.6 Å². The first-order valence-corrected chi connectivity index (χ1v) is 7.47. The van der Waals surface area contributed by atoms with Crippen molar-refractivity contribution in [3.8, 4) is 0 Å². The van der Waals surface area contributed by atoms with Crippen molar-refractivity contribution >= 4 is 23.3 Å². The van der Waals surface area contributed by atoms with Crippen molar-refractivity contribution in [1.82, 2.24) is 14.7 Å². The van der Waals surface area contributed by atoms with Gasteiger partial charge in [0.2, 0.25) is 0 Å². The molecule has 5 nitrogen and oxygen atoms in total. The second-order valence-electron chi connectivity index (χ2n) is 4.25. The number of thioether (sulfide) groups is 1. The molecule has 2 rings (SSSR count). The first-order chi connectivity index (χ1) is 9.24. The van der Waals surface area contributed by atoms with Gasteiger partial charge in [0.05, 0.1) is 0 Å². The Bertz CT molecular complexity index is 550. The van der Waals surface area contributed by atoms with Crippen molar-refractivity contribution in [2.24, 2.45) is 0 Å². The van der Waals surface area contributed by atoms with E-state index in [2.05, 4.69) is 10.3 Å². The summed E-state index contributed by atoms with van der Waals surface area (Å²) in [6.45, 7) is 0.0742. The van der Waals surface area contributed by atoms with E-state index in [1.807, 2.05) is 23.1 Å². The minimum atomic E-state index is -0.127. The summed E-state index contributed by atoms with van der Waals surface area (Å²) in [6.07, 6.45) is 7.89. The normalized spacial score (nSPS) is 12.5. The number of nitrogens with zero attached hydrogens (tertiary/aromatic N) is 2. The molecule has 0 aliphatic heterocycles. The molecule has 2 aromatic heterocycles. The monoisotopic (exact) mass is 279 g/mol. The van der Waals surface area contributed by atoms with E-state index < -0.39 is 0 Å². The van der Waals surface area contributed by atoms with Crippen LogP contribution in [0.1, 0.15) is 16.8 Å². The minimum Gasteiger partial charge on any atom is -0.396 e. The molecule has 0 saturated heterocycles. The first-order valence-electron chi connectivity index (χ1n) is 6.08. The van der Waals surface area contributed by atoms with Crippen LogP contribution in [-0.2, 0) is 0 Å². The molecule has 2 heterocycles. The molecule has 2 aromatic rings. The summed E-state index contributed by atoms with van der Waals surface area (Å²) in [5.41, 5.74) is 1.33. The SMILES string of the molecule is CSCC(CCO)NC(=O)c1ccn2ccnc2c1. The lowest BCUT2D eigenvalue weighted by atomic mass is 10.2. The lowest BCUT2D eigenvalue weighted by molar-refractivity contribution is 0.0935. The maximum atomic E-state index is 12.1. The van der Waals surface area contributed by atoms with Gasteiger partial charge in [-0.25, -0.2) is 4.98 Å². The van der Waals surface area contributed by atoms with Crippen molar-refractivity contribution in [3.63, 3.8) is 0 Å². The molecule has 0 saturated carbocycles. The van der Waals surface area contributed by atoms with Crippen LogP contribution in [0.4, 0.5) is 0 Å². The number of carbonyl (C=O) groups is 1. The first kappa shape index (κ1) is 13.9.